The SMILES string of the molecule is O=P(O)(OCC(O)CCl)OCC(O)CCl. The van der Waals surface area contributed by atoms with Crippen LogP contribution in [0.5, 0.6) is 0 Å². The predicted octanol–water partition coefficient (Wildman–Crippen LogP) is 0.319. The van der Waals surface area contributed by atoms with Crippen LogP contribution < -0.4 is 0 Å². The van der Waals surface area contributed by atoms with Crippen LogP contribution in [-0.2, 0) is 13.6 Å². The Morgan fingerprint density at radius 1 is 1.07 bits per heavy atom. The first-order valence-electron chi connectivity index (χ1n) is 4.01. The van der Waals surface area contributed by atoms with Gasteiger partial charge in [0.15, 0.2) is 0 Å². The van der Waals surface area contributed by atoms with E-state index < -0.39 is 33.2 Å². The first kappa shape index (κ1) is 15.6. The molecule has 0 radical (unpaired) electrons. The van der Waals surface area contributed by atoms with Gasteiger partial charge in [-0.3, -0.25) is 9.05 Å². The molecule has 92 valence electrons. The standard InChI is InChI=1S/C6H13Cl2O6P/c7-1-5(9)3-13-15(11,12)14-4-6(10)2-8/h5-6,9-10H,1-4H2,(H,11,12). The highest BCUT2D eigenvalue weighted by Crippen LogP contribution is 2.43. The number of hydrogen-bond acceptors (Lipinski definition) is 5. The van der Waals surface area contributed by atoms with E-state index in [-0.39, 0.29) is 11.8 Å². The van der Waals surface area contributed by atoms with Crippen molar-refractivity contribution < 1.29 is 28.7 Å². The van der Waals surface area contributed by atoms with Crippen molar-refractivity contribution in [3.63, 3.8) is 0 Å². The summed E-state index contributed by atoms with van der Waals surface area (Å²) in [6, 6.07) is 0. The van der Waals surface area contributed by atoms with Crippen LogP contribution in [0.15, 0.2) is 0 Å². The first-order valence-corrected chi connectivity index (χ1v) is 6.57. The van der Waals surface area contributed by atoms with E-state index in [0.717, 1.165) is 0 Å². The second kappa shape index (κ2) is 7.81. The molecule has 0 saturated carbocycles. The Hall–Kier alpha value is 0.610. The second-order valence-electron chi connectivity index (χ2n) is 2.68. The van der Waals surface area contributed by atoms with Crippen molar-refractivity contribution in [1.82, 2.24) is 0 Å². The molecule has 0 rings (SSSR count). The Labute approximate surface area is 97.3 Å². The lowest BCUT2D eigenvalue weighted by atomic mass is 10.4. The smallest absolute Gasteiger partial charge is 0.389 e. The van der Waals surface area contributed by atoms with Gasteiger partial charge in [0, 0.05) is 0 Å². The lowest BCUT2D eigenvalue weighted by Crippen LogP contribution is -2.19. The van der Waals surface area contributed by atoms with Crippen molar-refractivity contribution in [3.8, 4) is 0 Å². The summed E-state index contributed by atoms with van der Waals surface area (Å²) in [6.45, 7) is -0.845. The van der Waals surface area contributed by atoms with Gasteiger partial charge in [-0.05, 0) is 0 Å². The zero-order valence-corrected chi connectivity index (χ0v) is 10.2. The quantitative estimate of drug-likeness (QED) is 0.438. The van der Waals surface area contributed by atoms with Gasteiger partial charge in [0.25, 0.3) is 0 Å². The molecule has 0 aromatic heterocycles. The van der Waals surface area contributed by atoms with Crippen molar-refractivity contribution in [2.24, 2.45) is 0 Å². The van der Waals surface area contributed by atoms with Gasteiger partial charge in [-0.2, -0.15) is 0 Å². The molecule has 2 atom stereocenters. The third kappa shape index (κ3) is 8.42. The summed E-state index contributed by atoms with van der Waals surface area (Å²) >= 11 is 10.5. The van der Waals surface area contributed by atoms with Gasteiger partial charge in [0.05, 0.1) is 37.2 Å². The number of hydrogen-bond donors (Lipinski definition) is 3. The summed E-state index contributed by atoms with van der Waals surface area (Å²) in [7, 11) is -4.26. The van der Waals surface area contributed by atoms with Gasteiger partial charge in [-0.1, -0.05) is 0 Å². The van der Waals surface area contributed by atoms with Crippen LogP contribution in [0, 0.1) is 0 Å². The highest BCUT2D eigenvalue weighted by Gasteiger charge is 2.23. The van der Waals surface area contributed by atoms with Crippen molar-refractivity contribution in [3.05, 3.63) is 0 Å². The number of phosphoric acid groups is 1. The topological polar surface area (TPSA) is 96.2 Å². The molecule has 9 heteroatoms. The van der Waals surface area contributed by atoms with E-state index >= 15 is 0 Å². The lowest BCUT2D eigenvalue weighted by Gasteiger charge is -2.15. The van der Waals surface area contributed by atoms with Gasteiger partial charge in [0.2, 0.25) is 0 Å². The van der Waals surface area contributed by atoms with Crippen LogP contribution in [0.3, 0.4) is 0 Å². The molecule has 2 unspecified atom stereocenters. The van der Waals surface area contributed by atoms with Crippen LogP contribution in [-0.4, -0.2) is 52.3 Å². The fraction of sp³-hybridized carbons (Fsp3) is 1.00. The van der Waals surface area contributed by atoms with E-state index in [1.165, 1.54) is 0 Å². The number of halogens is 2. The molecular formula is C6H13Cl2O6P. The largest absolute Gasteiger partial charge is 0.472 e. The summed E-state index contributed by atoms with van der Waals surface area (Å²) in [4.78, 5) is 9.01. The number of rotatable bonds is 8. The third-order valence-electron chi connectivity index (χ3n) is 1.22. The maximum Gasteiger partial charge on any atom is 0.472 e. The molecule has 6 nitrogen and oxygen atoms in total. The summed E-state index contributed by atoms with van der Waals surface area (Å²) in [5, 5.41) is 17.9. The maximum absolute atomic E-state index is 11.1. The Kier molecular flexibility index (Phi) is 8.13. The van der Waals surface area contributed by atoms with Crippen LogP contribution in [0.1, 0.15) is 0 Å². The molecule has 15 heavy (non-hydrogen) atoms. The number of alkyl halides is 2. The van der Waals surface area contributed by atoms with Gasteiger partial charge >= 0.3 is 7.82 Å². The van der Waals surface area contributed by atoms with E-state index in [4.69, 9.17) is 38.3 Å². The van der Waals surface area contributed by atoms with Crippen LogP contribution in [0.2, 0.25) is 0 Å². The zero-order chi connectivity index (χ0) is 11.9. The zero-order valence-electron chi connectivity index (χ0n) is 7.75. The number of phosphoric ester groups is 1. The minimum Gasteiger partial charge on any atom is -0.389 e. The Morgan fingerprint density at radius 3 is 1.67 bits per heavy atom. The monoisotopic (exact) mass is 282 g/mol. The molecule has 0 heterocycles. The lowest BCUT2D eigenvalue weighted by molar-refractivity contribution is 0.0609. The fourth-order valence-corrected chi connectivity index (χ4v) is 1.46. The molecule has 0 spiro atoms. The molecule has 0 aromatic rings. The first-order chi connectivity index (χ1) is 6.91. The minimum absolute atomic E-state index is 0.121. The number of aliphatic hydroxyl groups excluding tert-OH is 2. The molecule has 0 aliphatic heterocycles. The average molecular weight is 283 g/mol. The maximum atomic E-state index is 11.1. The van der Waals surface area contributed by atoms with E-state index in [1.54, 1.807) is 0 Å². The Balaban J connectivity index is 3.81. The Morgan fingerprint density at radius 2 is 1.40 bits per heavy atom. The highest BCUT2D eigenvalue weighted by atomic mass is 35.5. The van der Waals surface area contributed by atoms with Gasteiger partial charge in [-0.25, -0.2) is 4.57 Å². The minimum atomic E-state index is -4.26. The fourth-order valence-electron chi connectivity index (χ4n) is 0.487. The highest BCUT2D eigenvalue weighted by molar-refractivity contribution is 7.47. The average Bonchev–Trinajstić information content (AvgIpc) is 2.22. The van der Waals surface area contributed by atoms with Crippen LogP contribution in [0.4, 0.5) is 0 Å². The third-order valence-corrected chi connectivity index (χ3v) is 2.88. The summed E-state index contributed by atoms with van der Waals surface area (Å²) < 4.78 is 19.8. The molecule has 0 bridgehead atoms. The van der Waals surface area contributed by atoms with Crippen molar-refractivity contribution in [1.29, 1.82) is 0 Å². The van der Waals surface area contributed by atoms with E-state index in [1.807, 2.05) is 0 Å². The molecule has 3 N–H and O–H groups in total. The predicted molar refractivity (Wildman–Crippen MR) is 55.2 cm³/mol. The van der Waals surface area contributed by atoms with E-state index in [0.29, 0.717) is 0 Å². The molecule has 0 aliphatic rings. The summed E-state index contributed by atoms with van der Waals surface area (Å²) in [6.07, 6.45) is -2.10. The van der Waals surface area contributed by atoms with Crippen molar-refractivity contribution in [2.45, 2.75) is 12.2 Å². The molecule has 0 saturated heterocycles. The summed E-state index contributed by atoms with van der Waals surface area (Å²) in [5.41, 5.74) is 0. The molecule has 0 fully saturated rings. The van der Waals surface area contributed by atoms with Gasteiger partial charge < -0.3 is 15.1 Å². The molecular weight excluding hydrogens is 270 g/mol. The van der Waals surface area contributed by atoms with Crippen molar-refractivity contribution in [2.75, 3.05) is 25.0 Å². The summed E-state index contributed by atoms with van der Waals surface area (Å²) in [5.74, 6) is -0.241. The molecule has 0 amide bonds. The van der Waals surface area contributed by atoms with Crippen LogP contribution >= 0.6 is 31.0 Å². The molecule has 0 aromatic carbocycles. The van der Waals surface area contributed by atoms with Gasteiger partial charge in [0.1, 0.15) is 0 Å². The second-order valence-corrected chi connectivity index (χ2v) is 4.75. The Bertz CT molecular complexity index is 198. The normalized spacial score (nSPS) is 19.5. The van der Waals surface area contributed by atoms with Crippen LogP contribution in [0.25, 0.3) is 0 Å². The van der Waals surface area contributed by atoms with E-state index in [9.17, 15) is 4.57 Å². The number of aliphatic hydroxyl groups is 2. The van der Waals surface area contributed by atoms with Gasteiger partial charge in [-0.15, -0.1) is 23.2 Å². The van der Waals surface area contributed by atoms with E-state index in [2.05, 4.69) is 9.05 Å². The molecule has 0 aliphatic carbocycles. The van der Waals surface area contributed by atoms with Crippen molar-refractivity contribution >= 4 is 31.0 Å².